The van der Waals surface area contributed by atoms with Crippen molar-refractivity contribution in [2.45, 2.75) is 58.4 Å². The van der Waals surface area contributed by atoms with Gasteiger partial charge in [0.25, 0.3) is 0 Å². The maximum atomic E-state index is 12.8. The number of rotatable bonds is 4. The van der Waals surface area contributed by atoms with Crippen LogP contribution in [0, 0.1) is 5.41 Å². The predicted molar refractivity (Wildman–Crippen MR) is 107 cm³/mol. The van der Waals surface area contributed by atoms with E-state index in [9.17, 15) is 14.4 Å². The molecule has 6 nitrogen and oxygen atoms in total. The van der Waals surface area contributed by atoms with Crippen LogP contribution in [-0.2, 0) is 23.9 Å². The Balaban J connectivity index is 1.67. The molecule has 0 N–H and O–H groups in total. The van der Waals surface area contributed by atoms with E-state index in [-0.39, 0.29) is 31.1 Å². The van der Waals surface area contributed by atoms with Crippen molar-refractivity contribution in [3.8, 4) is 0 Å². The van der Waals surface area contributed by atoms with E-state index in [0.29, 0.717) is 19.3 Å². The quantitative estimate of drug-likeness (QED) is 0.442. The van der Waals surface area contributed by atoms with E-state index in [1.54, 1.807) is 20.8 Å². The maximum absolute atomic E-state index is 12.8. The van der Waals surface area contributed by atoms with Crippen molar-refractivity contribution in [1.29, 1.82) is 0 Å². The molecule has 4 rings (SSSR count). The fourth-order valence-corrected chi connectivity index (χ4v) is 5.37. The predicted octanol–water partition coefficient (Wildman–Crippen LogP) is 3.50. The Morgan fingerprint density at radius 1 is 1.00 bits per heavy atom. The van der Waals surface area contributed by atoms with Gasteiger partial charge in [-0.15, -0.1) is 0 Å². The van der Waals surface area contributed by atoms with Crippen molar-refractivity contribution in [1.82, 2.24) is 0 Å². The Labute approximate surface area is 170 Å². The molecule has 1 amide bonds. The Bertz CT molecular complexity index is 884. The molecule has 0 aromatic heterocycles. The summed E-state index contributed by atoms with van der Waals surface area (Å²) in [6.45, 7) is 5.53. The second kappa shape index (κ2) is 7.32. The zero-order chi connectivity index (χ0) is 20.8. The van der Waals surface area contributed by atoms with Crippen molar-refractivity contribution in [3.05, 3.63) is 41.0 Å². The molecule has 2 atom stereocenters. The number of anilines is 1. The molecule has 6 heteroatoms. The van der Waals surface area contributed by atoms with E-state index in [2.05, 4.69) is 6.07 Å². The Kier molecular flexibility index (Phi) is 4.97. The molecule has 0 radical (unpaired) electrons. The number of hydrogen-bond acceptors (Lipinski definition) is 5. The molecule has 0 saturated carbocycles. The number of allylic oxidation sites excluding steroid dienone is 1. The number of para-hydroxylation sites is 1. The van der Waals surface area contributed by atoms with Gasteiger partial charge in [0.05, 0.1) is 13.2 Å². The number of nitrogens with zero attached hydrogens (tertiary/aromatic N) is 1. The van der Waals surface area contributed by atoms with Gasteiger partial charge < -0.3 is 14.4 Å². The van der Waals surface area contributed by atoms with Crippen molar-refractivity contribution >= 4 is 23.5 Å². The molecular weight excluding hydrogens is 370 g/mol. The van der Waals surface area contributed by atoms with Gasteiger partial charge in [-0.05, 0) is 51.2 Å². The molecule has 2 aliphatic carbocycles. The average Bonchev–Trinajstić information content (AvgIpc) is 3.22. The van der Waals surface area contributed by atoms with E-state index >= 15 is 0 Å². The highest BCUT2D eigenvalue weighted by Crippen LogP contribution is 2.56. The lowest BCUT2D eigenvalue weighted by molar-refractivity contribution is -0.171. The van der Waals surface area contributed by atoms with Crippen LogP contribution in [0.1, 0.15) is 57.9 Å². The molecule has 1 aliphatic heterocycles. The Morgan fingerprint density at radius 2 is 1.59 bits per heavy atom. The maximum Gasteiger partial charge on any atom is 0.324 e. The summed E-state index contributed by atoms with van der Waals surface area (Å²) in [4.78, 5) is 40.0. The molecular formula is C23H27NO5. The van der Waals surface area contributed by atoms with Crippen molar-refractivity contribution in [2.75, 3.05) is 18.1 Å². The van der Waals surface area contributed by atoms with Crippen molar-refractivity contribution < 1.29 is 23.9 Å². The van der Waals surface area contributed by atoms with E-state index in [0.717, 1.165) is 23.3 Å². The summed E-state index contributed by atoms with van der Waals surface area (Å²) < 4.78 is 10.6. The number of amides is 1. The van der Waals surface area contributed by atoms with Crippen molar-refractivity contribution in [2.24, 2.45) is 5.41 Å². The first-order valence-corrected chi connectivity index (χ1v) is 10.4. The van der Waals surface area contributed by atoms with Gasteiger partial charge in [-0.3, -0.25) is 14.4 Å². The van der Waals surface area contributed by atoms with Gasteiger partial charge in [0.2, 0.25) is 5.91 Å². The molecule has 154 valence electrons. The van der Waals surface area contributed by atoms with Crippen LogP contribution in [0.15, 0.2) is 35.4 Å². The normalized spacial score (nSPS) is 23.9. The van der Waals surface area contributed by atoms with Gasteiger partial charge in [0.15, 0.2) is 5.41 Å². The van der Waals surface area contributed by atoms with Gasteiger partial charge in [-0.1, -0.05) is 29.3 Å². The third kappa shape index (κ3) is 2.96. The van der Waals surface area contributed by atoms with Crippen LogP contribution in [-0.4, -0.2) is 37.1 Å². The van der Waals surface area contributed by atoms with E-state index in [1.807, 2.05) is 23.1 Å². The first-order valence-electron chi connectivity index (χ1n) is 10.4. The highest BCUT2D eigenvalue weighted by molar-refractivity contribution is 6.02. The second-order valence-electron chi connectivity index (χ2n) is 8.11. The number of fused-ring (bicyclic) bond motifs is 3. The zero-order valence-electron chi connectivity index (χ0n) is 17.2. The SMILES string of the molecule is CCOC(=O)C1(C(=O)OCC)CC2=C(C[C@H]3[C@@H](C2)c2ccccc2N3C(C)=O)C1. The van der Waals surface area contributed by atoms with Crippen LogP contribution in [0.2, 0.25) is 0 Å². The number of hydrogen-bond donors (Lipinski definition) is 0. The van der Waals surface area contributed by atoms with E-state index < -0.39 is 17.4 Å². The lowest BCUT2D eigenvalue weighted by Crippen LogP contribution is -2.41. The third-order valence-corrected chi connectivity index (χ3v) is 6.52. The summed E-state index contributed by atoms with van der Waals surface area (Å²) in [7, 11) is 0. The summed E-state index contributed by atoms with van der Waals surface area (Å²) in [6.07, 6.45) is 2.10. The summed E-state index contributed by atoms with van der Waals surface area (Å²) in [5.74, 6) is -0.785. The Hall–Kier alpha value is -2.63. The fourth-order valence-electron chi connectivity index (χ4n) is 5.37. The van der Waals surface area contributed by atoms with Crippen LogP contribution >= 0.6 is 0 Å². The molecule has 0 fully saturated rings. The highest BCUT2D eigenvalue weighted by Gasteiger charge is 2.56. The fraction of sp³-hybridized carbons (Fsp3) is 0.522. The number of carbonyl (C=O) groups is 3. The summed E-state index contributed by atoms with van der Waals surface area (Å²) in [5.41, 5.74) is 3.12. The second-order valence-corrected chi connectivity index (χ2v) is 8.11. The number of carbonyl (C=O) groups excluding carboxylic acids is 3. The monoisotopic (exact) mass is 397 g/mol. The first kappa shape index (κ1) is 19.7. The molecule has 3 aliphatic rings. The molecule has 0 unspecified atom stereocenters. The lowest BCUT2D eigenvalue weighted by atomic mass is 9.79. The van der Waals surface area contributed by atoms with E-state index in [4.69, 9.17) is 9.47 Å². The summed E-state index contributed by atoms with van der Waals surface area (Å²) in [6, 6.07) is 8.07. The van der Waals surface area contributed by atoms with Crippen molar-refractivity contribution in [3.63, 3.8) is 0 Å². The van der Waals surface area contributed by atoms with Crippen LogP contribution in [0.5, 0.6) is 0 Å². The van der Waals surface area contributed by atoms with Crippen LogP contribution < -0.4 is 4.90 Å². The summed E-state index contributed by atoms with van der Waals surface area (Å²) in [5, 5.41) is 0. The number of esters is 2. The lowest BCUT2D eigenvalue weighted by Gasteiger charge is -2.32. The number of benzene rings is 1. The molecule has 1 heterocycles. The van der Waals surface area contributed by atoms with Gasteiger partial charge in [-0.25, -0.2) is 0 Å². The van der Waals surface area contributed by atoms with Crippen LogP contribution in [0.4, 0.5) is 5.69 Å². The minimum Gasteiger partial charge on any atom is -0.465 e. The van der Waals surface area contributed by atoms with Crippen LogP contribution in [0.3, 0.4) is 0 Å². The topological polar surface area (TPSA) is 72.9 Å². The van der Waals surface area contributed by atoms with Gasteiger partial charge in [0.1, 0.15) is 0 Å². The molecule has 0 saturated heterocycles. The minimum absolute atomic E-state index is 0.0223. The van der Waals surface area contributed by atoms with Gasteiger partial charge in [-0.2, -0.15) is 0 Å². The zero-order valence-corrected chi connectivity index (χ0v) is 17.2. The Morgan fingerprint density at radius 3 is 2.17 bits per heavy atom. The number of ether oxygens (including phenoxy) is 2. The molecule has 0 bridgehead atoms. The third-order valence-electron chi connectivity index (χ3n) is 6.52. The highest BCUT2D eigenvalue weighted by atomic mass is 16.6. The molecule has 1 aromatic rings. The smallest absolute Gasteiger partial charge is 0.324 e. The largest absolute Gasteiger partial charge is 0.465 e. The standard InChI is InChI=1S/C23H27NO5/c1-4-28-21(26)23(22(27)29-5-2)12-15-10-18-17-8-6-7-9-19(17)24(14(3)25)20(18)11-16(15)13-23/h6-9,18,20H,4-5,10-13H2,1-3H3/t18-,20-/m0/s1. The first-order chi connectivity index (χ1) is 13.9. The molecule has 29 heavy (non-hydrogen) atoms. The van der Waals surface area contributed by atoms with Crippen LogP contribution in [0.25, 0.3) is 0 Å². The molecule has 1 aromatic carbocycles. The van der Waals surface area contributed by atoms with Gasteiger partial charge >= 0.3 is 11.9 Å². The van der Waals surface area contributed by atoms with Gasteiger partial charge in [0, 0.05) is 24.6 Å². The molecule has 0 spiro atoms. The summed E-state index contributed by atoms with van der Waals surface area (Å²) >= 11 is 0. The average molecular weight is 397 g/mol. The minimum atomic E-state index is -1.28. The van der Waals surface area contributed by atoms with E-state index in [1.165, 1.54) is 5.56 Å².